The number of nitrogens with one attached hydrogen (secondary N) is 1. The second kappa shape index (κ2) is 6.40. The fraction of sp³-hybridized carbons (Fsp3) is 0. The van der Waals surface area contributed by atoms with Crippen LogP contribution in [0.4, 0.5) is 5.69 Å². The molecule has 20 heavy (non-hydrogen) atoms. The van der Waals surface area contributed by atoms with E-state index in [0.29, 0.717) is 30.8 Å². The van der Waals surface area contributed by atoms with Gasteiger partial charge in [-0.05, 0) is 68.3 Å². The third-order valence-electron chi connectivity index (χ3n) is 2.52. The molecular formula is C14H7Br2ClN2O. The number of hydrogen-bond acceptors (Lipinski definition) is 2. The summed E-state index contributed by atoms with van der Waals surface area (Å²) >= 11 is 12.6. The van der Waals surface area contributed by atoms with E-state index in [9.17, 15) is 4.79 Å². The first-order chi connectivity index (χ1) is 9.51. The summed E-state index contributed by atoms with van der Waals surface area (Å²) in [6.45, 7) is 0. The van der Waals surface area contributed by atoms with Crippen molar-refractivity contribution in [2.75, 3.05) is 5.32 Å². The van der Waals surface area contributed by atoms with Crippen molar-refractivity contribution >= 4 is 55.1 Å². The van der Waals surface area contributed by atoms with Crippen molar-refractivity contribution in [2.24, 2.45) is 0 Å². The van der Waals surface area contributed by atoms with Gasteiger partial charge in [0.05, 0.1) is 17.3 Å². The van der Waals surface area contributed by atoms with Crippen molar-refractivity contribution in [2.45, 2.75) is 0 Å². The molecule has 0 spiro atoms. The standard InChI is InChI=1S/C14H7Br2ClN2O/c15-11-5-10(17)6-12(16)13(11)19-14(20)9-3-1-8(7-18)2-4-9/h1-6H,(H,19,20). The summed E-state index contributed by atoms with van der Waals surface area (Å²) in [6.07, 6.45) is 0. The Morgan fingerprint density at radius 3 is 2.20 bits per heavy atom. The molecule has 0 aliphatic rings. The lowest BCUT2D eigenvalue weighted by molar-refractivity contribution is 0.102. The SMILES string of the molecule is N#Cc1ccc(C(=O)Nc2c(Br)cc(Cl)cc2Br)cc1. The van der Waals surface area contributed by atoms with Crippen molar-refractivity contribution in [3.05, 3.63) is 61.5 Å². The molecule has 2 aromatic carbocycles. The van der Waals surface area contributed by atoms with Crippen molar-refractivity contribution in [1.82, 2.24) is 0 Å². The highest BCUT2D eigenvalue weighted by atomic mass is 79.9. The number of rotatable bonds is 2. The highest BCUT2D eigenvalue weighted by molar-refractivity contribution is 9.11. The van der Waals surface area contributed by atoms with Gasteiger partial charge in [-0.25, -0.2) is 0 Å². The monoisotopic (exact) mass is 412 g/mol. The van der Waals surface area contributed by atoms with Gasteiger partial charge < -0.3 is 5.32 Å². The number of hydrogen-bond donors (Lipinski definition) is 1. The molecule has 1 amide bonds. The van der Waals surface area contributed by atoms with Crippen molar-refractivity contribution in [3.63, 3.8) is 0 Å². The van der Waals surface area contributed by atoms with E-state index >= 15 is 0 Å². The normalized spacial score (nSPS) is 9.90. The van der Waals surface area contributed by atoms with Gasteiger partial charge in [-0.15, -0.1) is 0 Å². The van der Waals surface area contributed by atoms with Gasteiger partial charge in [0.25, 0.3) is 5.91 Å². The fourth-order valence-electron chi connectivity index (χ4n) is 1.54. The van der Waals surface area contributed by atoms with E-state index < -0.39 is 0 Å². The summed E-state index contributed by atoms with van der Waals surface area (Å²) in [7, 11) is 0. The summed E-state index contributed by atoms with van der Waals surface area (Å²) < 4.78 is 1.36. The Morgan fingerprint density at radius 1 is 1.15 bits per heavy atom. The zero-order chi connectivity index (χ0) is 14.7. The molecule has 0 bridgehead atoms. The van der Waals surface area contributed by atoms with E-state index in [0.717, 1.165) is 0 Å². The predicted octanol–water partition coefficient (Wildman–Crippen LogP) is 4.99. The van der Waals surface area contributed by atoms with E-state index in [-0.39, 0.29) is 5.91 Å². The van der Waals surface area contributed by atoms with E-state index in [1.807, 2.05) is 6.07 Å². The van der Waals surface area contributed by atoms with Gasteiger partial charge in [0, 0.05) is 19.5 Å². The zero-order valence-electron chi connectivity index (χ0n) is 9.95. The quantitative estimate of drug-likeness (QED) is 0.753. The zero-order valence-corrected chi connectivity index (χ0v) is 13.9. The van der Waals surface area contributed by atoms with E-state index in [1.54, 1.807) is 36.4 Å². The molecular weight excluding hydrogens is 407 g/mol. The van der Waals surface area contributed by atoms with Gasteiger partial charge in [-0.3, -0.25) is 4.79 Å². The first-order valence-corrected chi connectivity index (χ1v) is 7.43. The summed E-state index contributed by atoms with van der Waals surface area (Å²) in [5.74, 6) is -0.266. The van der Waals surface area contributed by atoms with Crippen LogP contribution in [-0.4, -0.2) is 5.91 Å². The minimum absolute atomic E-state index is 0.266. The molecule has 0 aliphatic heterocycles. The second-order valence-electron chi connectivity index (χ2n) is 3.89. The summed E-state index contributed by atoms with van der Waals surface area (Å²) in [4.78, 5) is 12.1. The molecule has 3 nitrogen and oxygen atoms in total. The Morgan fingerprint density at radius 2 is 1.70 bits per heavy atom. The molecule has 0 heterocycles. The van der Waals surface area contributed by atoms with Gasteiger partial charge in [-0.2, -0.15) is 5.26 Å². The Labute approximate surface area is 137 Å². The number of nitrogens with zero attached hydrogens (tertiary/aromatic N) is 1. The molecule has 0 saturated carbocycles. The molecule has 0 aliphatic carbocycles. The van der Waals surface area contributed by atoms with Crippen LogP contribution in [0.3, 0.4) is 0 Å². The number of nitriles is 1. The molecule has 2 rings (SSSR count). The molecule has 0 fully saturated rings. The number of benzene rings is 2. The Hall–Kier alpha value is -1.35. The molecule has 0 saturated heterocycles. The first-order valence-electron chi connectivity index (χ1n) is 5.47. The molecule has 6 heteroatoms. The summed E-state index contributed by atoms with van der Waals surface area (Å²) in [6, 6.07) is 11.8. The van der Waals surface area contributed by atoms with Crippen LogP contribution in [0.1, 0.15) is 15.9 Å². The molecule has 1 N–H and O–H groups in total. The smallest absolute Gasteiger partial charge is 0.255 e. The minimum atomic E-state index is -0.266. The molecule has 0 aromatic heterocycles. The van der Waals surface area contributed by atoms with E-state index in [4.69, 9.17) is 16.9 Å². The minimum Gasteiger partial charge on any atom is -0.320 e. The van der Waals surface area contributed by atoms with Crippen LogP contribution < -0.4 is 5.32 Å². The van der Waals surface area contributed by atoms with Gasteiger partial charge in [0.15, 0.2) is 0 Å². The van der Waals surface area contributed by atoms with Crippen LogP contribution in [0, 0.1) is 11.3 Å². The van der Waals surface area contributed by atoms with Crippen LogP contribution in [0.2, 0.25) is 5.02 Å². The van der Waals surface area contributed by atoms with Gasteiger partial charge in [-0.1, -0.05) is 11.6 Å². The topological polar surface area (TPSA) is 52.9 Å². The van der Waals surface area contributed by atoms with Crippen molar-refractivity contribution < 1.29 is 4.79 Å². The number of carbonyl (C=O) groups is 1. The second-order valence-corrected chi connectivity index (χ2v) is 6.03. The van der Waals surface area contributed by atoms with Crippen LogP contribution in [0.15, 0.2) is 45.3 Å². The Bertz CT molecular complexity index is 685. The lowest BCUT2D eigenvalue weighted by Gasteiger charge is -2.10. The fourth-order valence-corrected chi connectivity index (χ4v) is 3.41. The highest BCUT2D eigenvalue weighted by Crippen LogP contribution is 2.34. The Balaban J connectivity index is 2.26. The maximum absolute atomic E-state index is 12.1. The van der Waals surface area contributed by atoms with Gasteiger partial charge >= 0.3 is 0 Å². The van der Waals surface area contributed by atoms with Crippen molar-refractivity contribution in [3.8, 4) is 6.07 Å². The molecule has 100 valence electrons. The Kier molecular flexibility index (Phi) is 4.81. The molecule has 2 aromatic rings. The summed E-state index contributed by atoms with van der Waals surface area (Å²) in [5.41, 5.74) is 1.58. The summed E-state index contributed by atoms with van der Waals surface area (Å²) in [5, 5.41) is 12.1. The maximum Gasteiger partial charge on any atom is 0.255 e. The van der Waals surface area contributed by atoms with Gasteiger partial charge in [0.1, 0.15) is 0 Å². The maximum atomic E-state index is 12.1. The lowest BCUT2D eigenvalue weighted by Crippen LogP contribution is -2.12. The van der Waals surface area contributed by atoms with Crippen LogP contribution in [-0.2, 0) is 0 Å². The van der Waals surface area contributed by atoms with Crippen molar-refractivity contribution in [1.29, 1.82) is 5.26 Å². The predicted molar refractivity (Wildman–Crippen MR) is 86.0 cm³/mol. The molecule has 0 atom stereocenters. The number of anilines is 1. The molecule has 0 unspecified atom stereocenters. The lowest BCUT2D eigenvalue weighted by atomic mass is 10.1. The average molecular weight is 414 g/mol. The average Bonchev–Trinajstić information content (AvgIpc) is 2.42. The number of halogens is 3. The third kappa shape index (κ3) is 3.40. The van der Waals surface area contributed by atoms with Crippen LogP contribution in [0.5, 0.6) is 0 Å². The third-order valence-corrected chi connectivity index (χ3v) is 3.99. The van der Waals surface area contributed by atoms with E-state index in [2.05, 4.69) is 37.2 Å². The van der Waals surface area contributed by atoms with Gasteiger partial charge in [0.2, 0.25) is 0 Å². The van der Waals surface area contributed by atoms with Crippen LogP contribution in [0.25, 0.3) is 0 Å². The highest BCUT2D eigenvalue weighted by Gasteiger charge is 2.12. The van der Waals surface area contributed by atoms with E-state index in [1.165, 1.54) is 0 Å². The number of amides is 1. The first kappa shape index (κ1) is 15.0. The largest absolute Gasteiger partial charge is 0.320 e. The number of carbonyl (C=O) groups excluding carboxylic acids is 1. The molecule has 0 radical (unpaired) electrons. The van der Waals surface area contributed by atoms with Crippen LogP contribution >= 0.6 is 43.5 Å².